The average Bonchev–Trinajstić information content (AvgIpc) is 2.60. The molecule has 2 aliphatic heterocycles. The van der Waals surface area contributed by atoms with E-state index in [-0.39, 0.29) is 6.04 Å². The van der Waals surface area contributed by atoms with Gasteiger partial charge >= 0.3 is 0 Å². The van der Waals surface area contributed by atoms with Gasteiger partial charge in [-0.05, 0) is 39.3 Å². The number of hydrogen-bond acceptors (Lipinski definition) is 4. The van der Waals surface area contributed by atoms with E-state index < -0.39 is 9.84 Å². The normalized spacial score (nSPS) is 35.3. The Morgan fingerprint density at radius 3 is 2.88 bits per heavy atom. The Morgan fingerprint density at radius 1 is 1.44 bits per heavy atom. The van der Waals surface area contributed by atoms with Gasteiger partial charge in [0, 0.05) is 18.6 Å². The molecule has 0 amide bonds. The molecule has 4 nitrogen and oxygen atoms in total. The monoisotopic (exact) mass is 246 g/mol. The zero-order valence-corrected chi connectivity index (χ0v) is 10.8. The van der Waals surface area contributed by atoms with Gasteiger partial charge in [-0.1, -0.05) is 0 Å². The first-order valence-corrected chi connectivity index (χ1v) is 8.07. The summed E-state index contributed by atoms with van der Waals surface area (Å²) < 4.78 is 22.9. The minimum Gasteiger partial charge on any atom is -0.312 e. The maximum absolute atomic E-state index is 11.5. The third-order valence-electron chi connectivity index (χ3n) is 3.76. The molecule has 0 aromatic heterocycles. The standard InChI is InChI=1S/C11H22N2O2S/c1-10-3-2-6-13(10)7-4-11-9-16(14,15)8-5-12-11/h10-12H,2-9H2,1H3. The number of rotatable bonds is 3. The summed E-state index contributed by atoms with van der Waals surface area (Å²) in [6.07, 6.45) is 3.54. The van der Waals surface area contributed by atoms with Crippen LogP contribution in [0.15, 0.2) is 0 Å². The predicted molar refractivity (Wildman–Crippen MR) is 65.3 cm³/mol. The molecule has 0 aromatic rings. The summed E-state index contributed by atoms with van der Waals surface area (Å²) in [4.78, 5) is 2.48. The highest BCUT2D eigenvalue weighted by Crippen LogP contribution is 2.17. The molecule has 5 heteroatoms. The largest absolute Gasteiger partial charge is 0.312 e. The van der Waals surface area contributed by atoms with Crippen LogP contribution in [0.3, 0.4) is 0 Å². The highest BCUT2D eigenvalue weighted by molar-refractivity contribution is 7.91. The summed E-state index contributed by atoms with van der Waals surface area (Å²) in [6.45, 7) is 5.11. The SMILES string of the molecule is CC1CCCN1CCC1CS(=O)(=O)CCN1. The first-order chi connectivity index (χ1) is 7.57. The Morgan fingerprint density at radius 2 is 2.25 bits per heavy atom. The van der Waals surface area contributed by atoms with Crippen molar-refractivity contribution < 1.29 is 8.42 Å². The van der Waals surface area contributed by atoms with Gasteiger partial charge in [-0.25, -0.2) is 8.42 Å². The Kier molecular flexibility index (Phi) is 3.87. The Labute approximate surface area is 98.3 Å². The van der Waals surface area contributed by atoms with E-state index >= 15 is 0 Å². The molecular weight excluding hydrogens is 224 g/mol. The number of sulfone groups is 1. The lowest BCUT2D eigenvalue weighted by Crippen LogP contribution is -2.46. The lowest BCUT2D eigenvalue weighted by molar-refractivity contribution is 0.254. The third kappa shape index (κ3) is 3.18. The molecule has 0 saturated carbocycles. The molecule has 0 aromatic carbocycles. The number of nitrogens with one attached hydrogen (secondary N) is 1. The minimum atomic E-state index is -2.77. The lowest BCUT2D eigenvalue weighted by Gasteiger charge is -2.27. The predicted octanol–water partition coefficient (Wildman–Crippen LogP) is 0.247. The van der Waals surface area contributed by atoms with Crippen LogP contribution in [-0.2, 0) is 9.84 Å². The van der Waals surface area contributed by atoms with Gasteiger partial charge in [-0.15, -0.1) is 0 Å². The maximum atomic E-state index is 11.5. The Hall–Kier alpha value is -0.130. The van der Waals surface area contributed by atoms with Crippen LogP contribution in [0.2, 0.25) is 0 Å². The second-order valence-corrected chi connectivity index (χ2v) is 7.31. The summed E-state index contributed by atoms with van der Waals surface area (Å²) in [5.41, 5.74) is 0. The topological polar surface area (TPSA) is 49.4 Å². The molecule has 94 valence electrons. The van der Waals surface area contributed by atoms with E-state index in [0.717, 1.165) is 13.0 Å². The molecule has 0 bridgehead atoms. The summed E-state index contributed by atoms with van der Waals surface area (Å²) >= 11 is 0. The molecule has 2 atom stereocenters. The second-order valence-electron chi connectivity index (χ2n) is 5.08. The zero-order chi connectivity index (χ0) is 11.6. The van der Waals surface area contributed by atoms with Gasteiger partial charge in [0.2, 0.25) is 0 Å². The molecule has 2 aliphatic rings. The molecular formula is C11H22N2O2S. The quantitative estimate of drug-likeness (QED) is 0.775. The van der Waals surface area contributed by atoms with Crippen molar-refractivity contribution in [2.24, 2.45) is 0 Å². The second kappa shape index (κ2) is 5.02. The lowest BCUT2D eigenvalue weighted by atomic mass is 10.2. The van der Waals surface area contributed by atoms with Gasteiger partial charge in [0.25, 0.3) is 0 Å². The van der Waals surface area contributed by atoms with Gasteiger partial charge in [-0.2, -0.15) is 0 Å². The maximum Gasteiger partial charge on any atom is 0.153 e. The molecule has 0 aliphatic carbocycles. The summed E-state index contributed by atoms with van der Waals surface area (Å²) in [5.74, 6) is 0.638. The van der Waals surface area contributed by atoms with E-state index in [9.17, 15) is 8.42 Å². The Bertz CT molecular complexity index is 329. The third-order valence-corrected chi connectivity index (χ3v) is 5.49. The minimum absolute atomic E-state index is 0.173. The van der Waals surface area contributed by atoms with Crippen molar-refractivity contribution in [3.63, 3.8) is 0 Å². The van der Waals surface area contributed by atoms with Crippen molar-refractivity contribution >= 4 is 9.84 Å². The van der Waals surface area contributed by atoms with Crippen LogP contribution in [0.1, 0.15) is 26.2 Å². The summed E-state index contributed by atoms with van der Waals surface area (Å²) in [6, 6.07) is 0.853. The van der Waals surface area contributed by atoms with Gasteiger partial charge in [0.05, 0.1) is 11.5 Å². The van der Waals surface area contributed by atoms with Crippen LogP contribution < -0.4 is 5.32 Å². The number of nitrogens with zero attached hydrogens (tertiary/aromatic N) is 1. The first-order valence-electron chi connectivity index (χ1n) is 6.25. The molecule has 2 fully saturated rings. The highest BCUT2D eigenvalue weighted by atomic mass is 32.2. The fourth-order valence-electron chi connectivity index (χ4n) is 2.70. The smallest absolute Gasteiger partial charge is 0.153 e. The summed E-state index contributed by atoms with van der Waals surface area (Å²) in [5, 5.41) is 3.31. The number of likely N-dealkylation sites (tertiary alicyclic amines) is 1. The van der Waals surface area contributed by atoms with E-state index in [1.807, 2.05) is 0 Å². The molecule has 0 spiro atoms. The van der Waals surface area contributed by atoms with Crippen molar-refractivity contribution in [3.05, 3.63) is 0 Å². The van der Waals surface area contributed by atoms with Gasteiger partial charge in [0.15, 0.2) is 9.84 Å². The van der Waals surface area contributed by atoms with E-state index in [1.54, 1.807) is 0 Å². The fraction of sp³-hybridized carbons (Fsp3) is 1.00. The fourth-order valence-corrected chi connectivity index (χ4v) is 4.19. The van der Waals surface area contributed by atoms with Crippen molar-refractivity contribution in [3.8, 4) is 0 Å². The average molecular weight is 246 g/mol. The van der Waals surface area contributed by atoms with E-state index in [4.69, 9.17) is 0 Å². The van der Waals surface area contributed by atoms with Crippen LogP contribution in [-0.4, -0.2) is 56.5 Å². The van der Waals surface area contributed by atoms with E-state index in [0.29, 0.717) is 24.1 Å². The number of hydrogen-bond donors (Lipinski definition) is 1. The van der Waals surface area contributed by atoms with Crippen molar-refractivity contribution in [2.75, 3.05) is 31.1 Å². The van der Waals surface area contributed by atoms with Gasteiger partial charge in [0.1, 0.15) is 0 Å². The molecule has 2 unspecified atom stereocenters. The highest BCUT2D eigenvalue weighted by Gasteiger charge is 2.26. The molecule has 2 heterocycles. The van der Waals surface area contributed by atoms with Crippen LogP contribution in [0, 0.1) is 0 Å². The first kappa shape index (κ1) is 12.3. The molecule has 2 saturated heterocycles. The van der Waals surface area contributed by atoms with Crippen molar-refractivity contribution in [1.82, 2.24) is 10.2 Å². The van der Waals surface area contributed by atoms with Crippen molar-refractivity contribution in [1.29, 1.82) is 0 Å². The molecule has 0 radical (unpaired) electrons. The van der Waals surface area contributed by atoms with Crippen LogP contribution in [0.5, 0.6) is 0 Å². The molecule has 16 heavy (non-hydrogen) atoms. The van der Waals surface area contributed by atoms with Crippen LogP contribution in [0.25, 0.3) is 0 Å². The molecule has 2 rings (SSSR count). The summed E-state index contributed by atoms with van der Waals surface area (Å²) in [7, 11) is -2.77. The van der Waals surface area contributed by atoms with E-state index in [1.165, 1.54) is 19.4 Å². The van der Waals surface area contributed by atoms with Gasteiger partial charge in [-0.3, -0.25) is 0 Å². The van der Waals surface area contributed by atoms with Crippen LogP contribution in [0.4, 0.5) is 0 Å². The van der Waals surface area contributed by atoms with E-state index in [2.05, 4.69) is 17.1 Å². The zero-order valence-electron chi connectivity index (χ0n) is 9.98. The van der Waals surface area contributed by atoms with Crippen molar-refractivity contribution in [2.45, 2.75) is 38.3 Å². The van der Waals surface area contributed by atoms with Crippen LogP contribution >= 0.6 is 0 Å². The molecule has 1 N–H and O–H groups in total. The Balaban J connectivity index is 1.77. The van der Waals surface area contributed by atoms with Gasteiger partial charge < -0.3 is 10.2 Å².